The lowest BCUT2D eigenvalue weighted by Gasteiger charge is -2.28. The van der Waals surface area contributed by atoms with Crippen LogP contribution in [0.25, 0.3) is 0 Å². The van der Waals surface area contributed by atoms with Crippen molar-refractivity contribution in [3.63, 3.8) is 0 Å². The Bertz CT molecular complexity index is 1220. The largest absolute Gasteiger partial charge is 0.452 e. The van der Waals surface area contributed by atoms with Gasteiger partial charge in [0.25, 0.3) is 5.91 Å². The van der Waals surface area contributed by atoms with E-state index in [0.717, 1.165) is 16.0 Å². The van der Waals surface area contributed by atoms with E-state index in [1.165, 1.54) is 39.9 Å². The number of rotatable bonds is 7. The lowest BCUT2D eigenvalue weighted by Crippen LogP contribution is -2.36. The van der Waals surface area contributed by atoms with Crippen LogP contribution in [0.3, 0.4) is 0 Å². The minimum absolute atomic E-state index is 0.0217. The van der Waals surface area contributed by atoms with Gasteiger partial charge in [0.15, 0.2) is 6.61 Å². The summed E-state index contributed by atoms with van der Waals surface area (Å²) in [5, 5.41) is 4.58. The van der Waals surface area contributed by atoms with E-state index in [4.69, 9.17) is 4.74 Å². The molecule has 0 atom stereocenters. The summed E-state index contributed by atoms with van der Waals surface area (Å²) in [4.78, 5) is 25.3. The molecule has 0 bridgehead atoms. The highest BCUT2D eigenvalue weighted by atomic mass is 32.2. The third-order valence-electron chi connectivity index (χ3n) is 5.18. The molecule has 1 amide bonds. The number of hydrogen-bond donors (Lipinski definition) is 1. The molecule has 1 aliphatic heterocycles. The lowest BCUT2D eigenvalue weighted by molar-refractivity contribution is -0.124. The van der Waals surface area contributed by atoms with Crippen LogP contribution in [0, 0.1) is 0 Å². The number of benzene rings is 2. The maximum Gasteiger partial charge on any atom is 0.338 e. The fourth-order valence-corrected chi connectivity index (χ4v) is 5.58. The van der Waals surface area contributed by atoms with Gasteiger partial charge in [-0.25, -0.2) is 13.2 Å². The molecule has 166 valence electrons. The molecule has 2 aromatic carbocycles. The van der Waals surface area contributed by atoms with Crippen LogP contribution in [0.2, 0.25) is 0 Å². The molecular weight excluding hydrogens is 448 g/mol. The summed E-state index contributed by atoms with van der Waals surface area (Å²) >= 11 is 1.51. The van der Waals surface area contributed by atoms with Crippen molar-refractivity contribution in [2.24, 2.45) is 0 Å². The molecule has 1 aliphatic rings. The SMILES string of the molecule is O=C(COC(=O)c1cccc(S(=O)(=O)N2CCc3ccccc3C2)c1)NCc1cccs1. The first-order valence-electron chi connectivity index (χ1n) is 10.1. The normalized spacial score (nSPS) is 13.9. The van der Waals surface area contributed by atoms with Gasteiger partial charge in [-0.05, 0) is 47.2 Å². The van der Waals surface area contributed by atoms with Crippen LogP contribution in [-0.4, -0.2) is 37.8 Å². The van der Waals surface area contributed by atoms with Crippen LogP contribution in [0.5, 0.6) is 0 Å². The number of fused-ring (bicyclic) bond motifs is 1. The van der Waals surface area contributed by atoms with Crippen molar-refractivity contribution in [3.8, 4) is 0 Å². The topological polar surface area (TPSA) is 92.8 Å². The third-order valence-corrected chi connectivity index (χ3v) is 7.89. The Labute approximate surface area is 190 Å². The molecule has 32 heavy (non-hydrogen) atoms. The number of thiophene rings is 1. The number of carbonyl (C=O) groups excluding carboxylic acids is 2. The second-order valence-electron chi connectivity index (χ2n) is 7.32. The number of nitrogens with one attached hydrogen (secondary N) is 1. The van der Waals surface area contributed by atoms with Gasteiger partial charge < -0.3 is 10.1 Å². The van der Waals surface area contributed by atoms with Crippen molar-refractivity contribution in [3.05, 3.63) is 87.6 Å². The average Bonchev–Trinajstić information content (AvgIpc) is 3.34. The molecule has 7 nitrogen and oxygen atoms in total. The average molecular weight is 471 g/mol. The molecule has 0 radical (unpaired) electrons. The molecule has 3 aromatic rings. The number of nitrogens with zero attached hydrogens (tertiary/aromatic N) is 1. The van der Waals surface area contributed by atoms with Crippen molar-refractivity contribution in [2.45, 2.75) is 24.4 Å². The molecule has 0 saturated carbocycles. The maximum absolute atomic E-state index is 13.1. The van der Waals surface area contributed by atoms with Crippen LogP contribution in [0.4, 0.5) is 0 Å². The molecule has 1 aromatic heterocycles. The number of carbonyl (C=O) groups is 2. The summed E-state index contributed by atoms with van der Waals surface area (Å²) in [7, 11) is -3.78. The number of amides is 1. The predicted molar refractivity (Wildman–Crippen MR) is 121 cm³/mol. The van der Waals surface area contributed by atoms with Gasteiger partial charge in [-0.1, -0.05) is 36.4 Å². The molecule has 0 spiro atoms. The van der Waals surface area contributed by atoms with E-state index < -0.39 is 28.5 Å². The number of sulfonamides is 1. The monoisotopic (exact) mass is 470 g/mol. The zero-order valence-electron chi connectivity index (χ0n) is 17.2. The Balaban J connectivity index is 1.39. The molecule has 2 heterocycles. The smallest absolute Gasteiger partial charge is 0.338 e. The molecule has 9 heteroatoms. The van der Waals surface area contributed by atoms with Crippen LogP contribution in [0.1, 0.15) is 26.4 Å². The van der Waals surface area contributed by atoms with Crippen LogP contribution in [0.15, 0.2) is 70.9 Å². The summed E-state index contributed by atoms with van der Waals surface area (Å²) in [5.74, 6) is -1.18. The molecule has 0 fully saturated rings. The molecule has 4 rings (SSSR count). The highest BCUT2D eigenvalue weighted by molar-refractivity contribution is 7.89. The summed E-state index contributed by atoms with van der Waals surface area (Å²) in [6, 6.07) is 17.3. The van der Waals surface area contributed by atoms with Gasteiger partial charge in [-0.2, -0.15) is 4.31 Å². The van der Waals surface area contributed by atoms with E-state index in [2.05, 4.69) is 5.32 Å². The Kier molecular flexibility index (Phi) is 6.69. The fraction of sp³-hybridized carbons (Fsp3) is 0.217. The molecule has 1 N–H and O–H groups in total. The van der Waals surface area contributed by atoms with E-state index in [9.17, 15) is 18.0 Å². The van der Waals surface area contributed by atoms with E-state index in [1.54, 1.807) is 0 Å². The van der Waals surface area contributed by atoms with Crippen LogP contribution >= 0.6 is 11.3 Å². The van der Waals surface area contributed by atoms with Gasteiger partial charge in [0.1, 0.15) is 0 Å². The Morgan fingerprint density at radius 2 is 1.84 bits per heavy atom. The van der Waals surface area contributed by atoms with Gasteiger partial charge in [-0.15, -0.1) is 11.3 Å². The molecule has 0 saturated heterocycles. The van der Waals surface area contributed by atoms with Gasteiger partial charge >= 0.3 is 5.97 Å². The minimum Gasteiger partial charge on any atom is -0.452 e. The number of esters is 1. The summed E-state index contributed by atoms with van der Waals surface area (Å²) in [6.45, 7) is 0.584. The van der Waals surface area contributed by atoms with E-state index in [0.29, 0.717) is 19.5 Å². The third kappa shape index (κ3) is 5.07. The quantitative estimate of drug-likeness (QED) is 0.536. The summed E-state index contributed by atoms with van der Waals surface area (Å²) < 4.78 is 32.8. The first-order valence-corrected chi connectivity index (χ1v) is 12.4. The second kappa shape index (κ2) is 9.64. The first kappa shape index (κ1) is 22.2. The minimum atomic E-state index is -3.78. The van der Waals surface area contributed by atoms with Crippen molar-refractivity contribution in [2.75, 3.05) is 13.2 Å². The standard InChI is InChI=1S/C23H22N2O5S2/c26-22(24-14-20-8-4-12-31-20)16-30-23(27)18-7-3-9-21(13-18)32(28,29)25-11-10-17-5-1-2-6-19(17)15-25/h1-9,12-13H,10-11,14-16H2,(H,24,26). The predicted octanol–water partition coefficient (Wildman–Crippen LogP) is 2.97. The molecular formula is C23H22N2O5S2. The molecule has 0 unspecified atom stereocenters. The van der Waals surface area contributed by atoms with Gasteiger partial charge in [0.2, 0.25) is 10.0 Å². The van der Waals surface area contributed by atoms with Crippen molar-refractivity contribution in [1.82, 2.24) is 9.62 Å². The van der Waals surface area contributed by atoms with Crippen molar-refractivity contribution < 1.29 is 22.7 Å². The van der Waals surface area contributed by atoms with Crippen LogP contribution < -0.4 is 5.32 Å². The van der Waals surface area contributed by atoms with E-state index in [1.807, 2.05) is 41.8 Å². The summed E-state index contributed by atoms with van der Waals surface area (Å²) in [6.07, 6.45) is 0.637. The zero-order valence-corrected chi connectivity index (χ0v) is 18.8. The van der Waals surface area contributed by atoms with E-state index in [-0.39, 0.29) is 17.0 Å². The Morgan fingerprint density at radius 3 is 2.62 bits per heavy atom. The highest BCUT2D eigenvalue weighted by Crippen LogP contribution is 2.25. The Morgan fingerprint density at radius 1 is 1.03 bits per heavy atom. The summed E-state index contributed by atoms with van der Waals surface area (Å²) in [5.41, 5.74) is 2.20. The fourth-order valence-electron chi connectivity index (χ4n) is 3.47. The van der Waals surface area contributed by atoms with E-state index >= 15 is 0 Å². The maximum atomic E-state index is 13.1. The first-order chi connectivity index (χ1) is 15.4. The zero-order chi connectivity index (χ0) is 22.6. The van der Waals surface area contributed by atoms with Gasteiger partial charge in [-0.3, -0.25) is 4.79 Å². The molecule has 0 aliphatic carbocycles. The van der Waals surface area contributed by atoms with Gasteiger partial charge in [0, 0.05) is 18.0 Å². The second-order valence-corrected chi connectivity index (χ2v) is 10.3. The number of hydrogen-bond acceptors (Lipinski definition) is 6. The van der Waals surface area contributed by atoms with Crippen molar-refractivity contribution in [1.29, 1.82) is 0 Å². The van der Waals surface area contributed by atoms with Gasteiger partial charge in [0.05, 0.1) is 17.0 Å². The lowest BCUT2D eigenvalue weighted by atomic mass is 10.0. The van der Waals surface area contributed by atoms with Crippen LogP contribution in [-0.2, 0) is 39.1 Å². The Hall–Kier alpha value is -3.01. The number of ether oxygens (including phenoxy) is 1. The van der Waals surface area contributed by atoms with Crippen molar-refractivity contribution >= 4 is 33.2 Å². The highest BCUT2D eigenvalue weighted by Gasteiger charge is 2.28.